The standard InChI is InChI=1S/C23H28N2O2/c1-15-3-5-19(6-4-15)22-9-17-8-18(10-22)12-23(11-17,14-22)21(26)24-13-20-7-16(2)27-25-20/h3-7,17-18H,8-14H2,1-2H3,(H,24,26). The van der Waals surface area contributed by atoms with Gasteiger partial charge in [-0.3, -0.25) is 4.79 Å². The molecule has 1 heterocycles. The van der Waals surface area contributed by atoms with Crippen molar-refractivity contribution in [1.29, 1.82) is 0 Å². The van der Waals surface area contributed by atoms with Gasteiger partial charge in [0, 0.05) is 6.07 Å². The Labute approximate surface area is 160 Å². The highest BCUT2D eigenvalue weighted by atomic mass is 16.5. The number of nitrogens with zero attached hydrogens (tertiary/aromatic N) is 1. The van der Waals surface area contributed by atoms with E-state index in [4.69, 9.17) is 4.52 Å². The van der Waals surface area contributed by atoms with E-state index in [-0.39, 0.29) is 16.7 Å². The summed E-state index contributed by atoms with van der Waals surface area (Å²) in [4.78, 5) is 13.3. The number of nitrogens with one attached hydrogen (secondary N) is 1. The highest BCUT2D eigenvalue weighted by Gasteiger charge is 2.60. The van der Waals surface area contributed by atoms with Gasteiger partial charge in [-0.1, -0.05) is 35.0 Å². The molecule has 4 saturated carbocycles. The molecule has 2 unspecified atom stereocenters. The van der Waals surface area contributed by atoms with E-state index in [1.54, 1.807) is 0 Å². The van der Waals surface area contributed by atoms with Crippen molar-refractivity contribution < 1.29 is 9.32 Å². The Bertz CT molecular complexity index is 853. The first-order valence-corrected chi connectivity index (χ1v) is 10.2. The molecule has 1 N–H and O–H groups in total. The van der Waals surface area contributed by atoms with Crippen LogP contribution in [0.1, 0.15) is 61.1 Å². The van der Waals surface area contributed by atoms with Crippen LogP contribution in [0.25, 0.3) is 0 Å². The molecule has 142 valence electrons. The molecular formula is C23H28N2O2. The van der Waals surface area contributed by atoms with Gasteiger partial charge in [-0.05, 0) is 75.2 Å². The summed E-state index contributed by atoms with van der Waals surface area (Å²) in [6.07, 6.45) is 6.93. The maximum Gasteiger partial charge on any atom is 0.226 e. The highest BCUT2D eigenvalue weighted by Crippen LogP contribution is 2.65. The summed E-state index contributed by atoms with van der Waals surface area (Å²) in [6, 6.07) is 11.0. The molecule has 0 spiro atoms. The maximum absolute atomic E-state index is 13.3. The lowest BCUT2D eigenvalue weighted by Crippen LogP contribution is -2.59. The number of aromatic nitrogens is 1. The molecule has 4 aliphatic rings. The number of hydrogen-bond donors (Lipinski definition) is 1. The van der Waals surface area contributed by atoms with Crippen molar-refractivity contribution in [2.24, 2.45) is 17.3 Å². The van der Waals surface area contributed by atoms with Crippen molar-refractivity contribution >= 4 is 5.91 Å². The minimum Gasteiger partial charge on any atom is -0.361 e. The maximum atomic E-state index is 13.3. The van der Waals surface area contributed by atoms with Gasteiger partial charge < -0.3 is 9.84 Å². The van der Waals surface area contributed by atoms with Gasteiger partial charge in [-0.2, -0.15) is 0 Å². The lowest BCUT2D eigenvalue weighted by molar-refractivity contribution is -0.149. The number of benzene rings is 1. The fourth-order valence-electron chi connectivity index (χ4n) is 6.63. The fraction of sp³-hybridized carbons (Fsp3) is 0.565. The van der Waals surface area contributed by atoms with Crippen molar-refractivity contribution in [2.75, 3.05) is 0 Å². The number of amides is 1. The molecule has 4 heteroatoms. The Morgan fingerprint density at radius 3 is 2.48 bits per heavy atom. The SMILES string of the molecule is Cc1ccc(C23CC4CC(CC(C(=O)NCc5cc(C)on5)(C4)C2)C3)cc1. The van der Waals surface area contributed by atoms with Crippen LogP contribution in [0.15, 0.2) is 34.9 Å². The van der Waals surface area contributed by atoms with Crippen LogP contribution in [0, 0.1) is 31.1 Å². The molecule has 4 aliphatic carbocycles. The zero-order chi connectivity index (χ0) is 18.6. The van der Waals surface area contributed by atoms with Crippen molar-refractivity contribution in [1.82, 2.24) is 10.5 Å². The third-order valence-electron chi connectivity index (χ3n) is 7.31. The second-order valence-electron chi connectivity index (χ2n) is 9.50. The van der Waals surface area contributed by atoms with E-state index < -0.39 is 0 Å². The molecule has 4 bridgehead atoms. The average Bonchev–Trinajstić information content (AvgIpc) is 3.04. The van der Waals surface area contributed by atoms with Gasteiger partial charge in [0.2, 0.25) is 5.91 Å². The Kier molecular flexibility index (Phi) is 3.75. The van der Waals surface area contributed by atoms with Crippen molar-refractivity contribution in [3.8, 4) is 0 Å². The van der Waals surface area contributed by atoms with Crippen LogP contribution in [0.5, 0.6) is 0 Å². The lowest BCUT2D eigenvalue weighted by Gasteiger charge is -2.61. The number of carbonyl (C=O) groups excluding carboxylic acids is 1. The minimum atomic E-state index is -0.201. The van der Waals surface area contributed by atoms with Crippen LogP contribution in [0.2, 0.25) is 0 Å². The smallest absolute Gasteiger partial charge is 0.226 e. The topological polar surface area (TPSA) is 55.1 Å². The fourth-order valence-corrected chi connectivity index (χ4v) is 6.63. The van der Waals surface area contributed by atoms with Gasteiger partial charge in [-0.15, -0.1) is 0 Å². The lowest BCUT2D eigenvalue weighted by atomic mass is 9.42. The van der Waals surface area contributed by atoms with Crippen molar-refractivity contribution in [2.45, 2.75) is 64.3 Å². The normalized spacial score (nSPS) is 34.0. The number of carbonyl (C=O) groups is 1. The second kappa shape index (κ2) is 5.95. The third kappa shape index (κ3) is 2.81. The van der Waals surface area contributed by atoms with E-state index in [1.807, 2.05) is 13.0 Å². The Balaban J connectivity index is 1.41. The molecule has 1 aromatic carbocycles. The zero-order valence-corrected chi connectivity index (χ0v) is 16.3. The van der Waals surface area contributed by atoms with Crippen LogP contribution < -0.4 is 5.32 Å². The van der Waals surface area contributed by atoms with Gasteiger partial charge in [0.1, 0.15) is 11.5 Å². The van der Waals surface area contributed by atoms with Gasteiger partial charge >= 0.3 is 0 Å². The molecule has 2 aromatic rings. The van der Waals surface area contributed by atoms with Gasteiger partial charge in [0.05, 0.1) is 12.0 Å². The monoisotopic (exact) mass is 364 g/mol. The quantitative estimate of drug-likeness (QED) is 0.872. The van der Waals surface area contributed by atoms with E-state index in [9.17, 15) is 4.79 Å². The third-order valence-corrected chi connectivity index (χ3v) is 7.31. The molecule has 0 saturated heterocycles. The number of hydrogen-bond acceptors (Lipinski definition) is 3. The summed E-state index contributed by atoms with van der Waals surface area (Å²) in [7, 11) is 0. The van der Waals surface area contributed by atoms with E-state index in [0.717, 1.165) is 30.7 Å². The molecule has 1 aromatic heterocycles. The zero-order valence-electron chi connectivity index (χ0n) is 16.3. The van der Waals surface area contributed by atoms with Crippen LogP contribution in [0.3, 0.4) is 0 Å². The van der Waals surface area contributed by atoms with E-state index >= 15 is 0 Å². The van der Waals surface area contributed by atoms with Crippen LogP contribution in [-0.4, -0.2) is 11.1 Å². The molecule has 4 fully saturated rings. The summed E-state index contributed by atoms with van der Waals surface area (Å²) in [6.45, 7) is 4.48. The molecule has 2 atom stereocenters. The molecular weight excluding hydrogens is 336 g/mol. The largest absolute Gasteiger partial charge is 0.361 e. The van der Waals surface area contributed by atoms with Crippen molar-refractivity contribution in [3.05, 3.63) is 52.9 Å². The molecule has 4 nitrogen and oxygen atoms in total. The Hall–Kier alpha value is -2.10. The van der Waals surface area contributed by atoms with Crippen LogP contribution in [-0.2, 0) is 16.8 Å². The molecule has 1 amide bonds. The second-order valence-corrected chi connectivity index (χ2v) is 9.50. The van der Waals surface area contributed by atoms with Crippen molar-refractivity contribution in [3.63, 3.8) is 0 Å². The van der Waals surface area contributed by atoms with E-state index in [2.05, 4.69) is 41.7 Å². The molecule has 6 rings (SSSR count). The minimum absolute atomic E-state index is 0.194. The predicted molar refractivity (Wildman–Crippen MR) is 103 cm³/mol. The molecule has 0 radical (unpaired) electrons. The van der Waals surface area contributed by atoms with E-state index in [0.29, 0.717) is 18.4 Å². The molecule has 27 heavy (non-hydrogen) atoms. The summed E-state index contributed by atoms with van der Waals surface area (Å²) in [5.74, 6) is 2.39. The van der Waals surface area contributed by atoms with Gasteiger partial charge in [0.25, 0.3) is 0 Å². The van der Waals surface area contributed by atoms with Gasteiger partial charge in [-0.25, -0.2) is 0 Å². The number of rotatable bonds is 4. The predicted octanol–water partition coefficient (Wildman–Crippen LogP) is 4.45. The first-order chi connectivity index (χ1) is 13.0. The van der Waals surface area contributed by atoms with Crippen LogP contribution >= 0.6 is 0 Å². The summed E-state index contributed by atoms with van der Waals surface area (Å²) < 4.78 is 5.13. The Morgan fingerprint density at radius 2 is 1.85 bits per heavy atom. The number of aryl methyl sites for hydroxylation is 2. The van der Waals surface area contributed by atoms with Crippen LogP contribution in [0.4, 0.5) is 0 Å². The summed E-state index contributed by atoms with van der Waals surface area (Å²) >= 11 is 0. The highest BCUT2D eigenvalue weighted by molar-refractivity contribution is 5.83. The average molecular weight is 364 g/mol. The molecule has 0 aliphatic heterocycles. The summed E-state index contributed by atoms with van der Waals surface area (Å²) in [5.41, 5.74) is 3.55. The first-order valence-electron chi connectivity index (χ1n) is 10.2. The Morgan fingerprint density at radius 1 is 1.15 bits per heavy atom. The first kappa shape index (κ1) is 17.0. The van der Waals surface area contributed by atoms with E-state index in [1.165, 1.54) is 30.4 Å². The summed E-state index contributed by atoms with van der Waals surface area (Å²) in [5, 5.41) is 7.20. The van der Waals surface area contributed by atoms with Gasteiger partial charge in [0.15, 0.2) is 0 Å².